The zero-order valence-electron chi connectivity index (χ0n) is 9.83. The predicted octanol–water partition coefficient (Wildman–Crippen LogP) is 3.61. The number of halogens is 2. The Kier molecular flexibility index (Phi) is 3.04. The fourth-order valence-corrected chi connectivity index (χ4v) is 2.27. The Morgan fingerprint density at radius 2 is 1.95 bits per heavy atom. The quantitative estimate of drug-likeness (QED) is 0.535. The molecule has 0 atom stereocenters. The van der Waals surface area contributed by atoms with Crippen LogP contribution in [0.25, 0.3) is 17.0 Å². The van der Waals surface area contributed by atoms with Crippen LogP contribution in [0.15, 0.2) is 36.5 Å². The summed E-state index contributed by atoms with van der Waals surface area (Å²) in [5, 5.41) is 19.6. The number of benzene rings is 1. The molecule has 3 aromatic rings. The molecule has 0 aliphatic heterocycles. The minimum Gasteiger partial charge on any atom is -0.281 e. The molecule has 0 bridgehead atoms. The van der Waals surface area contributed by atoms with Gasteiger partial charge >= 0.3 is 0 Å². The van der Waals surface area contributed by atoms with Crippen molar-refractivity contribution in [3.8, 4) is 11.4 Å². The van der Waals surface area contributed by atoms with Crippen LogP contribution in [0.4, 0.5) is 5.69 Å². The van der Waals surface area contributed by atoms with Crippen molar-refractivity contribution in [1.29, 1.82) is 0 Å². The third kappa shape index (κ3) is 1.99. The van der Waals surface area contributed by atoms with E-state index in [4.69, 9.17) is 23.2 Å². The van der Waals surface area contributed by atoms with Crippen molar-refractivity contribution in [3.05, 3.63) is 56.7 Å². The highest BCUT2D eigenvalue weighted by molar-refractivity contribution is 6.34. The molecule has 8 heteroatoms. The van der Waals surface area contributed by atoms with Crippen molar-refractivity contribution in [3.63, 3.8) is 0 Å². The van der Waals surface area contributed by atoms with E-state index < -0.39 is 4.92 Å². The average molecular weight is 309 g/mol. The highest BCUT2D eigenvalue weighted by Crippen LogP contribution is 2.31. The van der Waals surface area contributed by atoms with Crippen LogP contribution in [0, 0.1) is 10.1 Å². The summed E-state index contributed by atoms with van der Waals surface area (Å²) in [6, 6.07) is 7.57. The van der Waals surface area contributed by atoms with Gasteiger partial charge in [-0.05, 0) is 18.2 Å². The summed E-state index contributed by atoms with van der Waals surface area (Å²) in [5.74, 6) is 0.399. The summed E-state index contributed by atoms with van der Waals surface area (Å²) in [5.41, 5.74) is 0.825. The highest BCUT2D eigenvalue weighted by Gasteiger charge is 2.16. The van der Waals surface area contributed by atoms with Gasteiger partial charge in [-0.3, -0.25) is 14.5 Å². The second kappa shape index (κ2) is 4.73. The van der Waals surface area contributed by atoms with Crippen molar-refractivity contribution in [2.75, 3.05) is 0 Å². The molecule has 0 spiro atoms. The van der Waals surface area contributed by atoms with E-state index in [0.29, 0.717) is 27.1 Å². The first-order valence-electron chi connectivity index (χ1n) is 5.51. The topological polar surface area (TPSA) is 73.3 Å². The van der Waals surface area contributed by atoms with Crippen molar-refractivity contribution < 1.29 is 4.92 Å². The molecule has 6 nitrogen and oxygen atoms in total. The Bertz CT molecular complexity index is 831. The van der Waals surface area contributed by atoms with E-state index in [1.807, 2.05) is 0 Å². The maximum atomic E-state index is 10.9. The molecule has 0 saturated heterocycles. The van der Waals surface area contributed by atoms with Gasteiger partial charge in [-0.15, -0.1) is 10.2 Å². The summed E-state index contributed by atoms with van der Waals surface area (Å²) < 4.78 is 1.63. The number of nitro benzene ring substituents is 1. The number of hydrogen-bond acceptors (Lipinski definition) is 4. The van der Waals surface area contributed by atoms with Crippen LogP contribution in [-0.4, -0.2) is 19.5 Å². The van der Waals surface area contributed by atoms with E-state index in [1.165, 1.54) is 18.2 Å². The first-order chi connectivity index (χ1) is 9.58. The molecule has 2 aromatic heterocycles. The van der Waals surface area contributed by atoms with Crippen LogP contribution < -0.4 is 0 Å². The smallest absolute Gasteiger partial charge is 0.270 e. The second-order valence-corrected chi connectivity index (χ2v) is 4.81. The monoisotopic (exact) mass is 308 g/mol. The van der Waals surface area contributed by atoms with E-state index in [0.717, 1.165) is 0 Å². The molecule has 3 rings (SSSR count). The van der Waals surface area contributed by atoms with Gasteiger partial charge in [0.05, 0.1) is 15.0 Å². The molecule has 1 aromatic carbocycles. The Balaban J connectivity index is 2.28. The summed E-state index contributed by atoms with van der Waals surface area (Å²) in [7, 11) is 0. The van der Waals surface area contributed by atoms with E-state index in [-0.39, 0.29) is 5.69 Å². The van der Waals surface area contributed by atoms with Crippen LogP contribution >= 0.6 is 23.2 Å². The first kappa shape index (κ1) is 12.8. The van der Waals surface area contributed by atoms with Crippen molar-refractivity contribution >= 4 is 34.5 Å². The second-order valence-electron chi connectivity index (χ2n) is 3.99. The van der Waals surface area contributed by atoms with Gasteiger partial charge in [0, 0.05) is 23.9 Å². The molecule has 2 heterocycles. The number of pyridine rings is 1. The molecular weight excluding hydrogens is 303 g/mol. The lowest BCUT2D eigenvalue weighted by Gasteiger charge is -2.03. The van der Waals surface area contributed by atoms with Gasteiger partial charge in [0.15, 0.2) is 11.5 Å². The van der Waals surface area contributed by atoms with Gasteiger partial charge < -0.3 is 0 Å². The van der Waals surface area contributed by atoms with Gasteiger partial charge in [-0.2, -0.15) is 0 Å². The van der Waals surface area contributed by atoms with Gasteiger partial charge in [-0.1, -0.05) is 23.2 Å². The van der Waals surface area contributed by atoms with Crippen LogP contribution in [0.1, 0.15) is 0 Å². The van der Waals surface area contributed by atoms with Gasteiger partial charge in [0.25, 0.3) is 5.69 Å². The number of rotatable bonds is 2. The van der Waals surface area contributed by atoms with Crippen LogP contribution in [0.2, 0.25) is 10.0 Å². The standard InChI is InChI=1S/C12H6Cl2N4O2/c13-9-4-3-7(18(19)20)6-8(9)11-15-16-12-10(14)2-1-5-17(11)12/h1-6H. The number of nitro groups is 1. The van der Waals surface area contributed by atoms with E-state index in [2.05, 4.69) is 10.2 Å². The number of hydrogen-bond donors (Lipinski definition) is 0. The molecule has 0 aliphatic carbocycles. The molecule has 0 radical (unpaired) electrons. The highest BCUT2D eigenvalue weighted by atomic mass is 35.5. The first-order valence-corrected chi connectivity index (χ1v) is 6.27. The average Bonchev–Trinajstić information content (AvgIpc) is 2.84. The molecule has 0 fully saturated rings. The summed E-state index contributed by atoms with van der Waals surface area (Å²) in [4.78, 5) is 10.4. The maximum absolute atomic E-state index is 10.9. The lowest BCUT2D eigenvalue weighted by molar-refractivity contribution is -0.384. The fourth-order valence-electron chi connectivity index (χ4n) is 1.87. The molecule has 20 heavy (non-hydrogen) atoms. The zero-order chi connectivity index (χ0) is 14.3. The minimum absolute atomic E-state index is 0.0665. The lowest BCUT2D eigenvalue weighted by atomic mass is 10.2. The van der Waals surface area contributed by atoms with Gasteiger partial charge in [0.2, 0.25) is 0 Å². The minimum atomic E-state index is -0.490. The van der Waals surface area contributed by atoms with Gasteiger partial charge in [0.1, 0.15) is 0 Å². The largest absolute Gasteiger partial charge is 0.281 e. The Labute approximate surface area is 122 Å². The van der Waals surface area contributed by atoms with Gasteiger partial charge in [-0.25, -0.2) is 0 Å². The van der Waals surface area contributed by atoms with Crippen LogP contribution in [0.5, 0.6) is 0 Å². The van der Waals surface area contributed by atoms with Crippen molar-refractivity contribution in [2.45, 2.75) is 0 Å². The summed E-state index contributed by atoms with van der Waals surface area (Å²) in [6.07, 6.45) is 1.71. The molecular formula is C12H6Cl2N4O2. The molecule has 0 N–H and O–H groups in total. The van der Waals surface area contributed by atoms with Crippen LogP contribution in [-0.2, 0) is 0 Å². The summed E-state index contributed by atoms with van der Waals surface area (Å²) in [6.45, 7) is 0. The molecule has 0 aliphatic rings. The van der Waals surface area contributed by atoms with Crippen molar-refractivity contribution in [2.24, 2.45) is 0 Å². The van der Waals surface area contributed by atoms with E-state index in [9.17, 15) is 10.1 Å². The summed E-state index contributed by atoms with van der Waals surface area (Å²) >= 11 is 12.1. The number of aromatic nitrogens is 3. The number of nitrogens with zero attached hydrogens (tertiary/aromatic N) is 4. The molecule has 0 unspecified atom stereocenters. The Morgan fingerprint density at radius 3 is 2.70 bits per heavy atom. The number of fused-ring (bicyclic) bond motifs is 1. The maximum Gasteiger partial charge on any atom is 0.270 e. The third-order valence-electron chi connectivity index (χ3n) is 2.79. The Hall–Kier alpha value is -2.18. The predicted molar refractivity (Wildman–Crippen MR) is 75.1 cm³/mol. The fraction of sp³-hybridized carbons (Fsp3) is 0. The van der Waals surface area contributed by atoms with Crippen molar-refractivity contribution in [1.82, 2.24) is 14.6 Å². The molecule has 100 valence electrons. The van der Waals surface area contributed by atoms with Crippen LogP contribution in [0.3, 0.4) is 0 Å². The number of non-ortho nitro benzene ring substituents is 1. The molecule has 0 saturated carbocycles. The van der Waals surface area contributed by atoms with E-state index in [1.54, 1.807) is 22.7 Å². The molecule has 0 amide bonds. The SMILES string of the molecule is O=[N+]([O-])c1ccc(Cl)c(-c2nnc3c(Cl)cccn23)c1. The lowest BCUT2D eigenvalue weighted by Crippen LogP contribution is -1.93. The normalized spacial score (nSPS) is 10.9. The zero-order valence-corrected chi connectivity index (χ0v) is 11.3. The Morgan fingerprint density at radius 1 is 1.15 bits per heavy atom. The third-order valence-corrected chi connectivity index (χ3v) is 3.41. The van der Waals surface area contributed by atoms with E-state index >= 15 is 0 Å².